The van der Waals surface area contributed by atoms with E-state index in [-0.39, 0.29) is 11.5 Å². The Bertz CT molecular complexity index is 781. The summed E-state index contributed by atoms with van der Waals surface area (Å²) in [4.78, 5) is 0. The summed E-state index contributed by atoms with van der Waals surface area (Å²) in [7, 11) is 1.55. The maximum Gasteiger partial charge on any atom is 0.169 e. The number of methoxy groups -OCH3 is 1. The Morgan fingerprint density at radius 2 is 1.27 bits per heavy atom. The van der Waals surface area contributed by atoms with Crippen molar-refractivity contribution in [2.45, 2.75) is 0 Å². The van der Waals surface area contributed by atoms with E-state index in [1.54, 1.807) is 13.2 Å². The SMILES string of the molecule is COc1cc(-c2ccccc2)c(O)c(O)c1-c1ccccc1. The van der Waals surface area contributed by atoms with Gasteiger partial charge in [0.2, 0.25) is 0 Å². The summed E-state index contributed by atoms with van der Waals surface area (Å²) in [5, 5.41) is 20.9. The lowest BCUT2D eigenvalue weighted by Crippen LogP contribution is -1.91. The first kappa shape index (κ1) is 14.0. The number of aromatic hydroxyl groups is 2. The van der Waals surface area contributed by atoms with Crippen LogP contribution >= 0.6 is 0 Å². The van der Waals surface area contributed by atoms with Gasteiger partial charge in [-0.15, -0.1) is 0 Å². The van der Waals surface area contributed by atoms with Crippen LogP contribution in [0.25, 0.3) is 22.3 Å². The molecule has 22 heavy (non-hydrogen) atoms. The van der Waals surface area contributed by atoms with E-state index >= 15 is 0 Å². The predicted molar refractivity (Wildman–Crippen MR) is 87.2 cm³/mol. The monoisotopic (exact) mass is 292 g/mol. The normalized spacial score (nSPS) is 10.4. The van der Waals surface area contributed by atoms with Crippen molar-refractivity contribution >= 4 is 0 Å². The predicted octanol–water partition coefficient (Wildman–Crippen LogP) is 4.44. The quantitative estimate of drug-likeness (QED) is 0.702. The van der Waals surface area contributed by atoms with Gasteiger partial charge < -0.3 is 14.9 Å². The van der Waals surface area contributed by atoms with Gasteiger partial charge in [0.1, 0.15) is 5.75 Å². The van der Waals surface area contributed by atoms with Crippen LogP contribution < -0.4 is 4.74 Å². The third-order valence-corrected chi connectivity index (χ3v) is 3.61. The molecule has 110 valence electrons. The lowest BCUT2D eigenvalue weighted by atomic mass is 9.97. The van der Waals surface area contributed by atoms with Gasteiger partial charge in [-0.25, -0.2) is 0 Å². The summed E-state index contributed by atoms with van der Waals surface area (Å²) >= 11 is 0. The van der Waals surface area contributed by atoms with Crippen molar-refractivity contribution in [2.24, 2.45) is 0 Å². The first-order valence-electron chi connectivity index (χ1n) is 6.96. The molecule has 0 aliphatic carbocycles. The summed E-state index contributed by atoms with van der Waals surface area (Å²) in [6, 6.07) is 20.5. The van der Waals surface area contributed by atoms with Crippen LogP contribution in [-0.2, 0) is 0 Å². The Kier molecular flexibility index (Phi) is 3.71. The second kappa shape index (κ2) is 5.82. The first-order valence-corrected chi connectivity index (χ1v) is 6.96. The Morgan fingerprint density at radius 3 is 1.82 bits per heavy atom. The van der Waals surface area contributed by atoms with Gasteiger partial charge >= 0.3 is 0 Å². The van der Waals surface area contributed by atoms with Crippen LogP contribution in [-0.4, -0.2) is 17.3 Å². The average Bonchev–Trinajstić information content (AvgIpc) is 2.58. The third-order valence-electron chi connectivity index (χ3n) is 3.61. The fourth-order valence-electron chi connectivity index (χ4n) is 2.52. The maximum atomic E-state index is 10.5. The Labute approximate surface area is 129 Å². The number of benzene rings is 3. The van der Waals surface area contributed by atoms with Crippen LogP contribution in [0.5, 0.6) is 17.2 Å². The Balaban J connectivity index is 2.25. The highest BCUT2D eigenvalue weighted by Crippen LogP contribution is 2.48. The molecule has 3 aromatic rings. The number of hydrogen-bond acceptors (Lipinski definition) is 3. The van der Waals surface area contributed by atoms with Gasteiger partial charge in [-0.2, -0.15) is 0 Å². The second-order valence-electron chi connectivity index (χ2n) is 4.93. The fraction of sp³-hybridized carbons (Fsp3) is 0.0526. The molecule has 3 nitrogen and oxygen atoms in total. The van der Waals surface area contributed by atoms with E-state index in [1.165, 1.54) is 0 Å². The van der Waals surface area contributed by atoms with Gasteiger partial charge in [0, 0.05) is 5.56 Å². The van der Waals surface area contributed by atoms with Crippen LogP contribution in [0, 0.1) is 0 Å². The van der Waals surface area contributed by atoms with Crippen molar-refractivity contribution in [2.75, 3.05) is 7.11 Å². The molecule has 0 aliphatic rings. The van der Waals surface area contributed by atoms with Gasteiger partial charge in [-0.1, -0.05) is 60.7 Å². The second-order valence-corrected chi connectivity index (χ2v) is 4.93. The highest BCUT2D eigenvalue weighted by molar-refractivity contribution is 5.87. The van der Waals surface area contributed by atoms with Crippen molar-refractivity contribution in [3.05, 3.63) is 66.7 Å². The van der Waals surface area contributed by atoms with Gasteiger partial charge in [0.15, 0.2) is 11.5 Å². The minimum atomic E-state index is -0.176. The zero-order chi connectivity index (χ0) is 15.5. The molecule has 0 aromatic heterocycles. The zero-order valence-corrected chi connectivity index (χ0v) is 12.2. The minimum Gasteiger partial charge on any atom is -0.504 e. The molecular formula is C19H16O3. The van der Waals surface area contributed by atoms with Crippen molar-refractivity contribution in [3.63, 3.8) is 0 Å². The minimum absolute atomic E-state index is 0.147. The summed E-state index contributed by atoms with van der Waals surface area (Å²) in [6.45, 7) is 0. The summed E-state index contributed by atoms with van der Waals surface area (Å²) in [6.07, 6.45) is 0. The Hall–Kier alpha value is -2.94. The molecule has 0 atom stereocenters. The molecule has 0 saturated carbocycles. The average molecular weight is 292 g/mol. The Morgan fingerprint density at radius 1 is 0.727 bits per heavy atom. The van der Waals surface area contributed by atoms with E-state index in [1.807, 2.05) is 60.7 Å². The molecule has 0 heterocycles. The van der Waals surface area contributed by atoms with E-state index in [9.17, 15) is 10.2 Å². The molecule has 3 rings (SSSR count). The summed E-state index contributed by atoms with van der Waals surface area (Å²) in [5.74, 6) is 0.190. The maximum absolute atomic E-state index is 10.5. The van der Waals surface area contributed by atoms with E-state index in [2.05, 4.69) is 0 Å². The summed E-state index contributed by atoms with van der Waals surface area (Å²) < 4.78 is 5.43. The molecule has 0 aliphatic heterocycles. The van der Waals surface area contributed by atoms with Crippen molar-refractivity contribution in [1.29, 1.82) is 0 Å². The van der Waals surface area contributed by atoms with E-state index in [4.69, 9.17) is 4.74 Å². The highest BCUT2D eigenvalue weighted by atomic mass is 16.5. The zero-order valence-electron chi connectivity index (χ0n) is 12.2. The largest absolute Gasteiger partial charge is 0.504 e. The molecule has 0 amide bonds. The van der Waals surface area contributed by atoms with Gasteiger partial charge in [0.05, 0.1) is 12.7 Å². The molecule has 3 aromatic carbocycles. The van der Waals surface area contributed by atoms with Crippen molar-refractivity contribution in [3.8, 4) is 39.5 Å². The number of phenolic OH excluding ortho intramolecular Hbond substituents is 2. The topological polar surface area (TPSA) is 49.7 Å². The lowest BCUT2D eigenvalue weighted by molar-refractivity contribution is 0.390. The van der Waals surface area contributed by atoms with E-state index < -0.39 is 0 Å². The first-order chi connectivity index (χ1) is 10.7. The standard InChI is InChI=1S/C19H16O3/c1-22-16-12-15(13-8-4-2-5-9-13)18(20)19(21)17(16)14-10-6-3-7-11-14/h2-12,20-21H,1H3. The van der Waals surface area contributed by atoms with Crippen molar-refractivity contribution < 1.29 is 14.9 Å². The van der Waals surface area contributed by atoms with Crippen molar-refractivity contribution in [1.82, 2.24) is 0 Å². The fourth-order valence-corrected chi connectivity index (χ4v) is 2.52. The van der Waals surface area contributed by atoms with Crippen LogP contribution in [0.3, 0.4) is 0 Å². The summed E-state index contributed by atoms with van der Waals surface area (Å²) in [5.41, 5.74) is 2.62. The lowest BCUT2D eigenvalue weighted by Gasteiger charge is -2.15. The molecule has 0 saturated heterocycles. The smallest absolute Gasteiger partial charge is 0.169 e. The molecule has 3 heteroatoms. The third kappa shape index (κ3) is 2.37. The molecule has 0 spiro atoms. The van der Waals surface area contributed by atoms with Gasteiger partial charge in [0.25, 0.3) is 0 Å². The number of hydrogen-bond donors (Lipinski definition) is 2. The van der Waals surface area contributed by atoms with E-state index in [0.717, 1.165) is 11.1 Å². The molecular weight excluding hydrogens is 276 g/mol. The van der Waals surface area contributed by atoms with Crippen LogP contribution in [0.15, 0.2) is 66.7 Å². The molecule has 0 fully saturated rings. The number of phenols is 2. The molecule has 0 bridgehead atoms. The van der Waals surface area contributed by atoms with Crippen LogP contribution in [0.1, 0.15) is 0 Å². The van der Waals surface area contributed by atoms with Gasteiger partial charge in [-0.05, 0) is 17.2 Å². The molecule has 0 radical (unpaired) electrons. The molecule has 2 N–H and O–H groups in total. The highest BCUT2D eigenvalue weighted by Gasteiger charge is 2.19. The van der Waals surface area contributed by atoms with Crippen LogP contribution in [0.2, 0.25) is 0 Å². The van der Waals surface area contributed by atoms with E-state index in [0.29, 0.717) is 16.9 Å². The van der Waals surface area contributed by atoms with Gasteiger partial charge in [-0.3, -0.25) is 0 Å². The molecule has 0 unspecified atom stereocenters. The number of ether oxygens (including phenoxy) is 1. The number of rotatable bonds is 3. The van der Waals surface area contributed by atoms with Crippen LogP contribution in [0.4, 0.5) is 0 Å².